The monoisotopic (exact) mass is 423 g/mol. The van der Waals surface area contributed by atoms with Crippen LogP contribution in [0.15, 0.2) is 59.5 Å². The van der Waals surface area contributed by atoms with E-state index in [0.717, 1.165) is 10.2 Å². The van der Waals surface area contributed by atoms with Gasteiger partial charge in [0, 0.05) is 11.6 Å². The fourth-order valence-electron chi connectivity index (χ4n) is 2.68. The van der Waals surface area contributed by atoms with E-state index in [1.54, 1.807) is 12.1 Å². The van der Waals surface area contributed by atoms with Crippen molar-refractivity contribution in [1.29, 1.82) is 0 Å². The van der Waals surface area contributed by atoms with Gasteiger partial charge in [-0.15, -0.1) is 0 Å². The Kier molecular flexibility index (Phi) is 6.39. The Bertz CT molecular complexity index is 993. The highest BCUT2D eigenvalue weighted by Crippen LogP contribution is 2.27. The van der Waals surface area contributed by atoms with E-state index in [0.29, 0.717) is 22.8 Å². The minimum absolute atomic E-state index is 0.0186. The molecule has 0 aliphatic rings. The number of aliphatic hydroxyl groups is 1. The largest absolute Gasteiger partial charge is 0.396 e. The van der Waals surface area contributed by atoms with Crippen LogP contribution in [0.1, 0.15) is 18.0 Å². The number of aliphatic hydroxyl groups excluding tert-OH is 1. The van der Waals surface area contributed by atoms with Gasteiger partial charge in [-0.25, -0.2) is 0 Å². The van der Waals surface area contributed by atoms with E-state index < -0.39 is 5.56 Å². The summed E-state index contributed by atoms with van der Waals surface area (Å²) in [6.45, 7) is -0.0188. The van der Waals surface area contributed by atoms with Crippen molar-refractivity contribution in [2.45, 2.75) is 12.5 Å². The normalized spacial score (nSPS) is 12.0. The molecule has 1 atom stereocenters. The van der Waals surface area contributed by atoms with Gasteiger partial charge in [0.2, 0.25) is 0 Å². The van der Waals surface area contributed by atoms with Crippen LogP contribution in [0.4, 0.5) is 5.69 Å². The van der Waals surface area contributed by atoms with E-state index >= 15 is 0 Å². The number of nitrogens with zero attached hydrogens (tertiary/aromatic N) is 2. The third kappa shape index (κ3) is 4.45. The van der Waals surface area contributed by atoms with Gasteiger partial charge in [0.05, 0.1) is 28.6 Å². The van der Waals surface area contributed by atoms with Crippen LogP contribution in [-0.4, -0.2) is 21.5 Å². The van der Waals surface area contributed by atoms with Crippen LogP contribution in [0, 0.1) is 0 Å². The molecule has 0 spiro atoms. The molecule has 0 aliphatic carbocycles. The summed E-state index contributed by atoms with van der Waals surface area (Å²) in [5.74, 6) is 0. The zero-order valence-electron chi connectivity index (χ0n) is 14.1. The lowest BCUT2D eigenvalue weighted by Crippen LogP contribution is -2.24. The Morgan fingerprint density at radius 1 is 1.11 bits per heavy atom. The lowest BCUT2D eigenvalue weighted by Gasteiger charge is -2.20. The van der Waals surface area contributed by atoms with Crippen molar-refractivity contribution in [1.82, 2.24) is 9.78 Å². The predicted molar refractivity (Wildman–Crippen MR) is 109 cm³/mol. The van der Waals surface area contributed by atoms with Crippen LogP contribution in [0.3, 0.4) is 0 Å². The first-order valence-electron chi connectivity index (χ1n) is 8.17. The minimum Gasteiger partial charge on any atom is -0.396 e. The van der Waals surface area contributed by atoms with Gasteiger partial charge < -0.3 is 10.4 Å². The van der Waals surface area contributed by atoms with Gasteiger partial charge in [-0.1, -0.05) is 65.1 Å². The summed E-state index contributed by atoms with van der Waals surface area (Å²) in [5.41, 5.74) is 1.22. The van der Waals surface area contributed by atoms with Gasteiger partial charge in [-0.05, 0) is 30.2 Å². The smallest absolute Gasteiger partial charge is 0.292 e. The van der Waals surface area contributed by atoms with E-state index in [4.69, 9.17) is 34.8 Å². The Morgan fingerprint density at radius 3 is 2.52 bits per heavy atom. The first kappa shape index (κ1) is 19.7. The molecule has 0 amide bonds. The highest BCUT2D eigenvalue weighted by molar-refractivity contribution is 6.36. The molecule has 0 aliphatic heterocycles. The Hall–Kier alpha value is -2.05. The van der Waals surface area contributed by atoms with Crippen molar-refractivity contribution in [3.63, 3.8) is 0 Å². The highest BCUT2D eigenvalue weighted by Gasteiger charge is 2.17. The summed E-state index contributed by atoms with van der Waals surface area (Å²) >= 11 is 18.4. The third-order valence-electron chi connectivity index (χ3n) is 4.01. The van der Waals surface area contributed by atoms with Crippen LogP contribution < -0.4 is 10.9 Å². The maximum Gasteiger partial charge on any atom is 0.292 e. The van der Waals surface area contributed by atoms with Gasteiger partial charge in [-0.3, -0.25) is 4.79 Å². The maximum atomic E-state index is 12.7. The van der Waals surface area contributed by atoms with Gasteiger partial charge in [0.25, 0.3) is 5.56 Å². The van der Waals surface area contributed by atoms with Crippen molar-refractivity contribution in [2.75, 3.05) is 11.9 Å². The fraction of sp³-hybridized carbons (Fsp3) is 0.158. The standard InChI is InChI=1S/C19H16Cl3N3O2/c20-13-6-7-17(14(21)10-13)25-19(27)18(22)16(11-23-25)24-15(8-9-26)12-4-2-1-3-5-12/h1-7,10-11,15,24,26H,8-9H2/t15-/m1/s1. The van der Waals surface area contributed by atoms with Crippen LogP contribution in [0.2, 0.25) is 15.1 Å². The number of benzene rings is 2. The number of hydrogen-bond donors (Lipinski definition) is 2. The van der Waals surface area contributed by atoms with Crippen molar-refractivity contribution in [3.8, 4) is 5.69 Å². The van der Waals surface area contributed by atoms with E-state index in [9.17, 15) is 9.90 Å². The predicted octanol–water partition coefficient (Wildman–Crippen LogP) is 4.73. The van der Waals surface area contributed by atoms with Crippen LogP contribution in [0.25, 0.3) is 5.69 Å². The lowest BCUT2D eigenvalue weighted by atomic mass is 10.0. The van der Waals surface area contributed by atoms with Crippen molar-refractivity contribution < 1.29 is 5.11 Å². The number of halogens is 3. The summed E-state index contributed by atoms with van der Waals surface area (Å²) in [4.78, 5) is 12.7. The molecule has 8 heteroatoms. The molecule has 0 bridgehead atoms. The van der Waals surface area contributed by atoms with Crippen LogP contribution >= 0.6 is 34.8 Å². The Balaban J connectivity index is 1.96. The topological polar surface area (TPSA) is 67.2 Å². The number of nitrogens with one attached hydrogen (secondary N) is 1. The fourth-order valence-corrected chi connectivity index (χ4v) is 3.35. The number of hydrogen-bond acceptors (Lipinski definition) is 4. The van der Waals surface area contributed by atoms with E-state index in [-0.39, 0.29) is 22.7 Å². The molecule has 0 saturated carbocycles. The van der Waals surface area contributed by atoms with Gasteiger partial charge in [-0.2, -0.15) is 9.78 Å². The SMILES string of the molecule is O=c1c(Cl)c(N[C@H](CCO)c2ccccc2)cnn1-c1ccc(Cl)cc1Cl. The molecule has 5 nitrogen and oxygen atoms in total. The summed E-state index contributed by atoms with van der Waals surface area (Å²) in [6.07, 6.45) is 1.91. The zero-order chi connectivity index (χ0) is 19.4. The second-order valence-electron chi connectivity index (χ2n) is 5.80. The molecule has 2 N–H and O–H groups in total. The van der Waals surface area contributed by atoms with Gasteiger partial charge in [0.1, 0.15) is 5.02 Å². The molecule has 140 valence electrons. The molecule has 2 aromatic carbocycles. The molecule has 0 saturated heterocycles. The molecule has 1 heterocycles. The quantitative estimate of drug-likeness (QED) is 0.600. The van der Waals surface area contributed by atoms with Crippen LogP contribution in [0.5, 0.6) is 0 Å². The minimum atomic E-state index is -0.512. The Morgan fingerprint density at radius 2 is 1.85 bits per heavy atom. The summed E-state index contributed by atoms with van der Waals surface area (Å²) in [6, 6.07) is 14.1. The van der Waals surface area contributed by atoms with E-state index in [2.05, 4.69) is 10.4 Å². The van der Waals surface area contributed by atoms with Crippen LogP contribution in [-0.2, 0) is 0 Å². The third-order valence-corrected chi connectivity index (χ3v) is 4.91. The molecule has 1 aromatic heterocycles. The van der Waals surface area contributed by atoms with Gasteiger partial charge >= 0.3 is 0 Å². The first-order chi connectivity index (χ1) is 13.0. The summed E-state index contributed by atoms with van der Waals surface area (Å²) < 4.78 is 1.12. The van der Waals surface area contributed by atoms with Gasteiger partial charge in [0.15, 0.2) is 0 Å². The number of anilines is 1. The molecule has 3 aromatic rings. The van der Waals surface area contributed by atoms with E-state index in [1.807, 2.05) is 30.3 Å². The molecular formula is C19H16Cl3N3O2. The second-order valence-corrected chi connectivity index (χ2v) is 7.03. The second kappa shape index (κ2) is 8.76. The summed E-state index contributed by atoms with van der Waals surface area (Å²) in [7, 11) is 0. The van der Waals surface area contributed by atoms with Crippen molar-refractivity contribution in [2.24, 2.45) is 0 Å². The van der Waals surface area contributed by atoms with Crippen molar-refractivity contribution >= 4 is 40.5 Å². The molecule has 0 radical (unpaired) electrons. The molecule has 3 rings (SSSR count). The first-order valence-corrected chi connectivity index (χ1v) is 9.30. The number of aromatic nitrogens is 2. The van der Waals surface area contributed by atoms with Crippen molar-refractivity contribution in [3.05, 3.63) is 85.7 Å². The molecular weight excluding hydrogens is 409 g/mol. The Labute approximate surface area is 171 Å². The highest BCUT2D eigenvalue weighted by atomic mass is 35.5. The lowest BCUT2D eigenvalue weighted by molar-refractivity contribution is 0.280. The zero-order valence-corrected chi connectivity index (χ0v) is 16.3. The summed E-state index contributed by atoms with van der Waals surface area (Å²) in [5, 5.41) is 17.4. The molecule has 27 heavy (non-hydrogen) atoms. The maximum absolute atomic E-state index is 12.7. The number of rotatable bonds is 6. The average Bonchev–Trinajstić information content (AvgIpc) is 2.66. The van der Waals surface area contributed by atoms with E-state index in [1.165, 1.54) is 12.3 Å². The molecule has 0 unspecified atom stereocenters. The average molecular weight is 425 g/mol. The molecule has 0 fully saturated rings.